The zero-order chi connectivity index (χ0) is 13.1. The van der Waals surface area contributed by atoms with Crippen LogP contribution in [0.5, 0.6) is 11.5 Å². The van der Waals surface area contributed by atoms with Crippen molar-refractivity contribution in [3.8, 4) is 11.5 Å². The van der Waals surface area contributed by atoms with E-state index in [2.05, 4.69) is 5.43 Å². The fourth-order valence-electron chi connectivity index (χ4n) is 1.67. The lowest BCUT2D eigenvalue weighted by molar-refractivity contribution is -0.155. The third-order valence-electron chi connectivity index (χ3n) is 2.64. The van der Waals surface area contributed by atoms with Gasteiger partial charge in [-0.05, 0) is 12.1 Å². The van der Waals surface area contributed by atoms with Crippen LogP contribution in [0, 0.1) is 0 Å². The van der Waals surface area contributed by atoms with Crippen molar-refractivity contribution in [3.63, 3.8) is 0 Å². The van der Waals surface area contributed by atoms with E-state index in [-0.39, 0.29) is 17.9 Å². The van der Waals surface area contributed by atoms with Crippen LogP contribution in [-0.2, 0) is 9.59 Å². The van der Waals surface area contributed by atoms with E-state index in [0.29, 0.717) is 13.0 Å². The number of nitrogens with one attached hydrogen (secondary N) is 1. The Balaban J connectivity index is 0.000000146. The highest BCUT2D eigenvalue weighted by atomic mass is 16.5. The highest BCUT2D eigenvalue weighted by Crippen LogP contribution is 2.32. The number of hydrogen-bond donors (Lipinski definition) is 2. The van der Waals surface area contributed by atoms with E-state index in [1.807, 2.05) is 24.3 Å². The smallest absolute Gasteiger partial charge is 0.243 e. The molecule has 0 aromatic heterocycles. The molecule has 2 amide bonds. The molecule has 3 N–H and O–H groups in total. The molecule has 6 nitrogen and oxygen atoms in total. The zero-order valence-corrected chi connectivity index (χ0v) is 10.1. The fraction of sp³-hybridized carbons (Fsp3) is 0.333. The van der Waals surface area contributed by atoms with Crippen molar-refractivity contribution in [2.24, 2.45) is 5.73 Å². The Bertz CT molecular complexity index is 451. The maximum atomic E-state index is 10.8. The van der Waals surface area contributed by atoms with E-state index >= 15 is 0 Å². The molecule has 0 saturated carbocycles. The van der Waals surface area contributed by atoms with Crippen molar-refractivity contribution in [1.82, 2.24) is 10.4 Å². The summed E-state index contributed by atoms with van der Waals surface area (Å²) in [6, 6.07) is 7.85. The summed E-state index contributed by atoms with van der Waals surface area (Å²) in [6.45, 7) is 1.76. The van der Waals surface area contributed by atoms with Crippen LogP contribution >= 0.6 is 0 Å². The minimum atomic E-state index is -0.239. The maximum absolute atomic E-state index is 10.8. The summed E-state index contributed by atoms with van der Waals surface area (Å²) in [5.41, 5.74) is 7.71. The number of rotatable bonds is 2. The molecule has 0 radical (unpaired) electrons. The van der Waals surface area contributed by atoms with Crippen molar-refractivity contribution >= 4 is 11.8 Å². The molecule has 3 aliphatic rings. The van der Waals surface area contributed by atoms with E-state index in [1.54, 1.807) is 0 Å². The van der Waals surface area contributed by atoms with Crippen LogP contribution in [0.15, 0.2) is 24.3 Å². The summed E-state index contributed by atoms with van der Waals surface area (Å²) in [5.74, 6) is 1.65. The topological polar surface area (TPSA) is 84.7 Å². The van der Waals surface area contributed by atoms with Crippen LogP contribution in [0.2, 0.25) is 0 Å². The first kappa shape index (κ1) is 12.4. The first-order valence-electron chi connectivity index (χ1n) is 5.67. The lowest BCUT2D eigenvalue weighted by Crippen LogP contribution is -2.62. The van der Waals surface area contributed by atoms with E-state index in [1.165, 1.54) is 11.9 Å². The molecule has 3 heterocycles. The molecule has 1 aromatic rings. The van der Waals surface area contributed by atoms with Gasteiger partial charge in [-0.2, -0.15) is 0 Å². The van der Waals surface area contributed by atoms with Crippen molar-refractivity contribution in [3.05, 3.63) is 24.3 Å². The summed E-state index contributed by atoms with van der Waals surface area (Å²) >= 11 is 0. The number of hydrazine groups is 1. The van der Waals surface area contributed by atoms with E-state index in [0.717, 1.165) is 11.5 Å². The highest BCUT2D eigenvalue weighted by Gasteiger charge is 2.35. The molecule has 1 fully saturated rings. The standard InChI is InChI=1S/C6H11N3O2.C6H4O/c1-4(10)8-9-5(3-7)2-6(9)11;1-2-5-4-6(3-1)7-5/h5H,2-3,7H2,1H3,(H,8,10);1-4H. The molecule has 96 valence electrons. The van der Waals surface area contributed by atoms with E-state index in [4.69, 9.17) is 10.5 Å². The first-order chi connectivity index (χ1) is 8.60. The molecule has 1 atom stereocenters. The van der Waals surface area contributed by atoms with Gasteiger partial charge < -0.3 is 10.5 Å². The van der Waals surface area contributed by atoms with Gasteiger partial charge >= 0.3 is 0 Å². The van der Waals surface area contributed by atoms with E-state index < -0.39 is 0 Å². The Kier molecular flexibility index (Phi) is 3.47. The van der Waals surface area contributed by atoms with Gasteiger partial charge in [-0.3, -0.25) is 15.0 Å². The Hall–Kier alpha value is -2.08. The van der Waals surface area contributed by atoms with Crippen LogP contribution in [0.3, 0.4) is 0 Å². The van der Waals surface area contributed by atoms with Gasteiger partial charge in [0.1, 0.15) is 11.5 Å². The number of β-lactam (4-membered cyclic amide) rings is 1. The predicted molar refractivity (Wildman–Crippen MR) is 64.6 cm³/mol. The lowest BCUT2D eigenvalue weighted by atomic mass is 10.1. The van der Waals surface area contributed by atoms with Crippen molar-refractivity contribution in [2.45, 2.75) is 19.4 Å². The SMILES string of the molecule is CC(=O)NN1C(=O)CC1CN.c1cc2cc(c1)O2. The van der Waals surface area contributed by atoms with Gasteiger partial charge in [0.25, 0.3) is 0 Å². The lowest BCUT2D eigenvalue weighted by Gasteiger charge is -2.38. The largest absolute Gasteiger partial charge is 0.457 e. The van der Waals surface area contributed by atoms with Gasteiger partial charge in [0.2, 0.25) is 11.8 Å². The van der Waals surface area contributed by atoms with Gasteiger partial charge in [0.15, 0.2) is 0 Å². The second-order valence-electron chi connectivity index (χ2n) is 4.10. The average molecular weight is 249 g/mol. The van der Waals surface area contributed by atoms with Gasteiger partial charge in [-0.15, -0.1) is 0 Å². The molecule has 0 spiro atoms. The molecular formula is C12H15N3O3. The Morgan fingerprint density at radius 2 is 2.17 bits per heavy atom. The molecule has 18 heavy (non-hydrogen) atoms. The summed E-state index contributed by atoms with van der Waals surface area (Å²) in [7, 11) is 0. The van der Waals surface area contributed by atoms with E-state index in [9.17, 15) is 9.59 Å². The number of nitrogens with two attached hydrogens (primary N) is 1. The third kappa shape index (κ3) is 2.60. The Morgan fingerprint density at radius 3 is 2.44 bits per heavy atom. The number of nitrogens with zero attached hydrogens (tertiary/aromatic N) is 1. The van der Waals surface area contributed by atoms with Crippen LogP contribution in [0.25, 0.3) is 0 Å². The second kappa shape index (κ2) is 5.05. The minimum Gasteiger partial charge on any atom is -0.457 e. The number of fused-ring (bicyclic) bond motifs is 2. The van der Waals surface area contributed by atoms with Crippen LogP contribution < -0.4 is 15.9 Å². The van der Waals surface area contributed by atoms with Crippen LogP contribution in [0.4, 0.5) is 0 Å². The zero-order valence-electron chi connectivity index (χ0n) is 10.1. The number of benzene rings is 1. The highest BCUT2D eigenvalue weighted by molar-refractivity contribution is 5.86. The second-order valence-corrected chi connectivity index (χ2v) is 4.10. The third-order valence-corrected chi connectivity index (χ3v) is 2.64. The molecule has 1 saturated heterocycles. The number of amides is 2. The molecule has 2 bridgehead atoms. The Labute approximate surface area is 105 Å². The van der Waals surface area contributed by atoms with Gasteiger partial charge in [-0.25, -0.2) is 5.01 Å². The monoisotopic (exact) mass is 249 g/mol. The van der Waals surface area contributed by atoms with Gasteiger partial charge in [0.05, 0.1) is 12.5 Å². The van der Waals surface area contributed by atoms with Crippen molar-refractivity contribution in [1.29, 1.82) is 0 Å². The normalized spacial score (nSPS) is 18.7. The Morgan fingerprint density at radius 1 is 1.56 bits per heavy atom. The van der Waals surface area contributed by atoms with Crippen molar-refractivity contribution < 1.29 is 14.3 Å². The number of ether oxygens (including phenoxy) is 1. The maximum Gasteiger partial charge on any atom is 0.243 e. The van der Waals surface area contributed by atoms with Gasteiger partial charge in [-0.1, -0.05) is 6.07 Å². The summed E-state index contributed by atoms with van der Waals surface area (Å²) in [6.07, 6.45) is 0.441. The van der Waals surface area contributed by atoms with Crippen LogP contribution in [-0.4, -0.2) is 29.4 Å². The number of carbonyl (C=O) groups is 2. The van der Waals surface area contributed by atoms with Gasteiger partial charge in [0, 0.05) is 19.5 Å². The number of hydrogen-bond acceptors (Lipinski definition) is 4. The molecule has 6 heteroatoms. The molecule has 1 unspecified atom stereocenters. The molecule has 3 aliphatic heterocycles. The molecular weight excluding hydrogens is 234 g/mol. The average Bonchev–Trinajstić information content (AvgIpc) is 2.34. The summed E-state index contributed by atoms with van der Waals surface area (Å²) in [4.78, 5) is 21.3. The first-order valence-corrected chi connectivity index (χ1v) is 5.67. The fourth-order valence-corrected chi connectivity index (χ4v) is 1.67. The van der Waals surface area contributed by atoms with Crippen LogP contribution in [0.1, 0.15) is 13.3 Å². The van der Waals surface area contributed by atoms with Crippen molar-refractivity contribution in [2.75, 3.05) is 6.54 Å². The minimum absolute atomic E-state index is 0.00796. The number of carbonyl (C=O) groups excluding carboxylic acids is 2. The summed E-state index contributed by atoms with van der Waals surface area (Å²) in [5, 5.41) is 1.28. The predicted octanol–water partition coefficient (Wildman–Crippen LogP) is 0.389. The molecule has 4 rings (SSSR count). The molecule has 1 aromatic carbocycles. The molecule has 0 aliphatic carbocycles. The summed E-state index contributed by atoms with van der Waals surface area (Å²) < 4.78 is 5.01. The quantitative estimate of drug-likeness (QED) is 0.754.